The van der Waals surface area contributed by atoms with Crippen LogP contribution in [0.15, 0.2) is 0 Å². The van der Waals surface area contributed by atoms with E-state index in [2.05, 4.69) is 30.6 Å². The molecule has 15 heavy (non-hydrogen) atoms. The van der Waals surface area contributed by atoms with E-state index in [4.69, 9.17) is 4.74 Å². The normalized spacial score (nSPS) is 20.0. The summed E-state index contributed by atoms with van der Waals surface area (Å²) >= 11 is 0. The van der Waals surface area contributed by atoms with Gasteiger partial charge in [-0.25, -0.2) is 0 Å². The SMILES string of the molecule is CCOCCCN1CCN(C(C)C)CC1. The summed E-state index contributed by atoms with van der Waals surface area (Å²) in [5, 5.41) is 0. The van der Waals surface area contributed by atoms with Gasteiger partial charge in [-0.1, -0.05) is 0 Å². The van der Waals surface area contributed by atoms with E-state index in [1.54, 1.807) is 0 Å². The maximum Gasteiger partial charge on any atom is 0.0478 e. The minimum absolute atomic E-state index is 0.704. The van der Waals surface area contributed by atoms with Crippen molar-refractivity contribution in [3.63, 3.8) is 0 Å². The van der Waals surface area contributed by atoms with Gasteiger partial charge in [-0.2, -0.15) is 0 Å². The Balaban J connectivity index is 2.04. The zero-order valence-corrected chi connectivity index (χ0v) is 10.5. The molecular weight excluding hydrogens is 188 g/mol. The lowest BCUT2D eigenvalue weighted by Gasteiger charge is -2.36. The molecule has 0 N–H and O–H groups in total. The summed E-state index contributed by atoms with van der Waals surface area (Å²) in [4.78, 5) is 5.11. The molecule has 1 saturated heterocycles. The number of nitrogens with zero attached hydrogens (tertiary/aromatic N) is 2. The molecule has 1 rings (SSSR count). The molecule has 0 aromatic rings. The van der Waals surface area contributed by atoms with Crippen LogP contribution in [-0.4, -0.2) is 61.8 Å². The topological polar surface area (TPSA) is 15.7 Å². The molecule has 0 aromatic heterocycles. The third-order valence-corrected chi connectivity index (χ3v) is 3.10. The minimum atomic E-state index is 0.704. The molecule has 1 aliphatic rings. The highest BCUT2D eigenvalue weighted by Crippen LogP contribution is 2.05. The largest absolute Gasteiger partial charge is 0.382 e. The molecule has 0 radical (unpaired) electrons. The Morgan fingerprint density at radius 3 is 2.33 bits per heavy atom. The molecule has 1 fully saturated rings. The molecule has 0 spiro atoms. The summed E-state index contributed by atoms with van der Waals surface area (Å²) in [6, 6.07) is 0.704. The fraction of sp³-hybridized carbons (Fsp3) is 1.00. The van der Waals surface area contributed by atoms with E-state index >= 15 is 0 Å². The summed E-state index contributed by atoms with van der Waals surface area (Å²) in [6.45, 7) is 14.5. The molecule has 1 aliphatic heterocycles. The lowest BCUT2D eigenvalue weighted by Crippen LogP contribution is -2.49. The molecule has 0 amide bonds. The van der Waals surface area contributed by atoms with Gasteiger partial charge in [0.15, 0.2) is 0 Å². The monoisotopic (exact) mass is 214 g/mol. The van der Waals surface area contributed by atoms with E-state index in [0.717, 1.165) is 13.2 Å². The van der Waals surface area contributed by atoms with Crippen molar-refractivity contribution in [3.05, 3.63) is 0 Å². The van der Waals surface area contributed by atoms with E-state index in [1.807, 2.05) is 0 Å². The van der Waals surface area contributed by atoms with Crippen molar-refractivity contribution >= 4 is 0 Å². The van der Waals surface area contributed by atoms with Gasteiger partial charge in [0.2, 0.25) is 0 Å². The second kappa shape index (κ2) is 7.20. The van der Waals surface area contributed by atoms with Crippen molar-refractivity contribution in [2.24, 2.45) is 0 Å². The van der Waals surface area contributed by atoms with E-state index in [9.17, 15) is 0 Å². The van der Waals surface area contributed by atoms with Crippen molar-refractivity contribution in [2.75, 3.05) is 45.9 Å². The van der Waals surface area contributed by atoms with Crippen LogP contribution < -0.4 is 0 Å². The summed E-state index contributed by atoms with van der Waals surface area (Å²) in [6.07, 6.45) is 1.18. The van der Waals surface area contributed by atoms with Crippen molar-refractivity contribution in [1.29, 1.82) is 0 Å². The fourth-order valence-electron chi connectivity index (χ4n) is 2.04. The Morgan fingerprint density at radius 1 is 1.13 bits per heavy atom. The second-order valence-corrected chi connectivity index (χ2v) is 4.52. The maximum absolute atomic E-state index is 5.35. The van der Waals surface area contributed by atoms with Gasteiger partial charge in [0.05, 0.1) is 0 Å². The number of rotatable bonds is 6. The van der Waals surface area contributed by atoms with Crippen LogP contribution in [0.1, 0.15) is 27.2 Å². The standard InChI is InChI=1S/C12H26N2O/c1-4-15-11-5-6-13-7-9-14(10-8-13)12(2)3/h12H,4-11H2,1-3H3. The summed E-state index contributed by atoms with van der Waals surface area (Å²) in [5.74, 6) is 0. The van der Waals surface area contributed by atoms with Crippen LogP contribution in [0.2, 0.25) is 0 Å². The first-order chi connectivity index (χ1) is 7.24. The van der Waals surface area contributed by atoms with Crippen molar-refractivity contribution < 1.29 is 4.74 Å². The lowest BCUT2D eigenvalue weighted by atomic mass is 10.2. The zero-order valence-electron chi connectivity index (χ0n) is 10.5. The molecule has 1 heterocycles. The van der Waals surface area contributed by atoms with Gasteiger partial charge in [-0.15, -0.1) is 0 Å². The minimum Gasteiger partial charge on any atom is -0.382 e. The maximum atomic E-state index is 5.35. The molecule has 0 aromatic carbocycles. The van der Waals surface area contributed by atoms with Crippen molar-refractivity contribution in [2.45, 2.75) is 33.2 Å². The predicted molar refractivity (Wildman–Crippen MR) is 64.3 cm³/mol. The van der Waals surface area contributed by atoms with Gasteiger partial charge in [-0.3, -0.25) is 4.90 Å². The third-order valence-electron chi connectivity index (χ3n) is 3.10. The van der Waals surface area contributed by atoms with Gasteiger partial charge in [0.1, 0.15) is 0 Å². The third kappa shape index (κ3) is 4.96. The first kappa shape index (κ1) is 12.9. The van der Waals surface area contributed by atoms with Gasteiger partial charge >= 0.3 is 0 Å². The quantitative estimate of drug-likeness (QED) is 0.622. The van der Waals surface area contributed by atoms with Crippen LogP contribution >= 0.6 is 0 Å². The van der Waals surface area contributed by atoms with E-state index < -0.39 is 0 Å². The van der Waals surface area contributed by atoms with Crippen LogP contribution in [0.4, 0.5) is 0 Å². The summed E-state index contributed by atoms with van der Waals surface area (Å²) in [5.41, 5.74) is 0. The Hall–Kier alpha value is -0.120. The number of hydrogen-bond acceptors (Lipinski definition) is 3. The first-order valence-corrected chi connectivity index (χ1v) is 6.28. The van der Waals surface area contributed by atoms with E-state index in [-0.39, 0.29) is 0 Å². The predicted octanol–water partition coefficient (Wildman–Crippen LogP) is 1.44. The Labute approximate surface area is 94.4 Å². The van der Waals surface area contributed by atoms with Crippen LogP contribution in [-0.2, 0) is 4.74 Å². The lowest BCUT2D eigenvalue weighted by molar-refractivity contribution is 0.0911. The van der Waals surface area contributed by atoms with Crippen LogP contribution in [0.25, 0.3) is 0 Å². The highest BCUT2D eigenvalue weighted by atomic mass is 16.5. The van der Waals surface area contributed by atoms with Gasteiger partial charge in [0, 0.05) is 52.0 Å². The van der Waals surface area contributed by atoms with E-state index in [0.29, 0.717) is 6.04 Å². The van der Waals surface area contributed by atoms with Gasteiger partial charge in [0.25, 0.3) is 0 Å². The second-order valence-electron chi connectivity index (χ2n) is 4.52. The number of ether oxygens (including phenoxy) is 1. The smallest absolute Gasteiger partial charge is 0.0478 e. The summed E-state index contributed by atoms with van der Waals surface area (Å²) < 4.78 is 5.35. The Morgan fingerprint density at radius 2 is 1.80 bits per heavy atom. The van der Waals surface area contributed by atoms with Crippen LogP contribution in [0.3, 0.4) is 0 Å². The molecule has 0 atom stereocenters. The molecule has 90 valence electrons. The molecular formula is C12H26N2O. The highest BCUT2D eigenvalue weighted by molar-refractivity contribution is 4.73. The summed E-state index contributed by atoms with van der Waals surface area (Å²) in [7, 11) is 0. The fourth-order valence-corrected chi connectivity index (χ4v) is 2.04. The first-order valence-electron chi connectivity index (χ1n) is 6.28. The van der Waals surface area contributed by atoms with Crippen molar-refractivity contribution in [1.82, 2.24) is 9.80 Å². The van der Waals surface area contributed by atoms with E-state index in [1.165, 1.54) is 39.1 Å². The molecule has 0 unspecified atom stereocenters. The Bertz CT molecular complexity index is 154. The number of piperazine rings is 1. The van der Waals surface area contributed by atoms with Crippen molar-refractivity contribution in [3.8, 4) is 0 Å². The molecule has 0 saturated carbocycles. The van der Waals surface area contributed by atoms with Gasteiger partial charge < -0.3 is 9.64 Å². The average molecular weight is 214 g/mol. The average Bonchev–Trinajstić information content (AvgIpc) is 2.25. The number of hydrogen-bond donors (Lipinski definition) is 0. The molecule has 0 bridgehead atoms. The molecule has 0 aliphatic carbocycles. The zero-order chi connectivity index (χ0) is 11.1. The highest BCUT2D eigenvalue weighted by Gasteiger charge is 2.17. The van der Waals surface area contributed by atoms with Gasteiger partial charge in [-0.05, 0) is 27.2 Å². The van der Waals surface area contributed by atoms with Crippen LogP contribution in [0.5, 0.6) is 0 Å². The van der Waals surface area contributed by atoms with Crippen LogP contribution in [0, 0.1) is 0 Å². The molecule has 3 nitrogen and oxygen atoms in total. The molecule has 3 heteroatoms. The Kier molecular flexibility index (Phi) is 6.22.